The van der Waals surface area contributed by atoms with Gasteiger partial charge in [-0.3, -0.25) is 9.59 Å². The summed E-state index contributed by atoms with van der Waals surface area (Å²) in [6.45, 7) is 6.89. The second-order valence-corrected chi connectivity index (χ2v) is 7.58. The molecule has 2 heterocycles. The van der Waals surface area contributed by atoms with E-state index in [-0.39, 0.29) is 24.3 Å². The molecule has 1 aromatic carbocycles. The Morgan fingerprint density at radius 3 is 2.50 bits per heavy atom. The molecule has 0 radical (unpaired) electrons. The van der Waals surface area contributed by atoms with Gasteiger partial charge in [0.25, 0.3) is 5.91 Å². The van der Waals surface area contributed by atoms with Gasteiger partial charge >= 0.3 is 0 Å². The van der Waals surface area contributed by atoms with Crippen LogP contribution in [0.1, 0.15) is 45.7 Å². The van der Waals surface area contributed by atoms with E-state index < -0.39 is 0 Å². The number of thiazole rings is 1. The molecular formula is C19H20N4O2S. The van der Waals surface area contributed by atoms with E-state index in [1.54, 1.807) is 34.1 Å². The van der Waals surface area contributed by atoms with Gasteiger partial charge in [-0.25, -0.2) is 4.98 Å². The number of nitrogens with zero attached hydrogens (tertiary/aromatic N) is 4. The molecule has 3 rings (SSSR count). The molecule has 1 saturated heterocycles. The van der Waals surface area contributed by atoms with E-state index in [1.165, 1.54) is 11.3 Å². The average Bonchev–Trinajstić information content (AvgIpc) is 3.03. The molecule has 0 atom stereocenters. The van der Waals surface area contributed by atoms with Crippen molar-refractivity contribution >= 4 is 28.8 Å². The lowest BCUT2D eigenvalue weighted by Crippen LogP contribution is -2.52. The number of nitriles is 1. The van der Waals surface area contributed by atoms with Gasteiger partial charge in [0.05, 0.1) is 22.3 Å². The van der Waals surface area contributed by atoms with Gasteiger partial charge in [0, 0.05) is 24.7 Å². The zero-order valence-corrected chi connectivity index (χ0v) is 15.8. The van der Waals surface area contributed by atoms with Gasteiger partial charge in [-0.05, 0) is 31.2 Å². The Balaban J connectivity index is 1.73. The summed E-state index contributed by atoms with van der Waals surface area (Å²) in [4.78, 5) is 33.7. The van der Waals surface area contributed by atoms with E-state index in [1.807, 2.05) is 20.8 Å². The first-order chi connectivity index (χ1) is 12.4. The maximum Gasteiger partial charge on any atom is 0.266 e. The molecular weight excluding hydrogens is 348 g/mol. The van der Waals surface area contributed by atoms with Crippen molar-refractivity contribution in [1.29, 1.82) is 5.26 Å². The summed E-state index contributed by atoms with van der Waals surface area (Å²) in [5.41, 5.74) is 2.03. The molecule has 0 saturated carbocycles. The lowest BCUT2D eigenvalue weighted by Gasteiger charge is -2.34. The van der Waals surface area contributed by atoms with E-state index in [0.29, 0.717) is 23.5 Å². The van der Waals surface area contributed by atoms with Gasteiger partial charge in [-0.1, -0.05) is 13.8 Å². The van der Waals surface area contributed by atoms with Crippen molar-refractivity contribution < 1.29 is 9.59 Å². The fourth-order valence-corrected chi connectivity index (χ4v) is 3.88. The van der Waals surface area contributed by atoms with Gasteiger partial charge < -0.3 is 9.80 Å². The molecule has 0 unspecified atom stereocenters. The topological polar surface area (TPSA) is 77.3 Å². The molecule has 6 nitrogen and oxygen atoms in total. The number of anilines is 1. The Kier molecular flexibility index (Phi) is 5.05. The minimum absolute atomic E-state index is 0.0488. The number of carbonyl (C=O) groups is 2. The monoisotopic (exact) mass is 368 g/mol. The standard InChI is InChI=1S/C19H20N4O2S/c1-12(2)18-21-13(3)17(26-18)19(25)22-8-9-23(16(24)11-22)15-6-4-14(10-20)5-7-15/h4-7,12H,8-9,11H2,1-3H3. The van der Waals surface area contributed by atoms with Crippen LogP contribution in [0.5, 0.6) is 0 Å². The Morgan fingerprint density at radius 1 is 1.27 bits per heavy atom. The molecule has 1 aliphatic rings. The number of hydrogen-bond donors (Lipinski definition) is 0. The van der Waals surface area contributed by atoms with Crippen LogP contribution in [0.2, 0.25) is 0 Å². The third-order valence-electron chi connectivity index (χ3n) is 4.32. The third-order valence-corrected chi connectivity index (χ3v) is 5.76. The highest BCUT2D eigenvalue weighted by Gasteiger charge is 2.30. The highest BCUT2D eigenvalue weighted by atomic mass is 32.1. The van der Waals surface area contributed by atoms with Crippen molar-refractivity contribution in [3.05, 3.63) is 45.4 Å². The van der Waals surface area contributed by atoms with Crippen LogP contribution in [-0.4, -0.2) is 41.3 Å². The number of piperazine rings is 1. The third kappa shape index (κ3) is 3.46. The van der Waals surface area contributed by atoms with Crippen molar-refractivity contribution in [3.63, 3.8) is 0 Å². The van der Waals surface area contributed by atoms with Crippen LogP contribution < -0.4 is 4.90 Å². The number of benzene rings is 1. The van der Waals surface area contributed by atoms with Gasteiger partial charge in [0.2, 0.25) is 5.91 Å². The number of rotatable bonds is 3. The van der Waals surface area contributed by atoms with Crippen LogP contribution in [0.25, 0.3) is 0 Å². The van der Waals surface area contributed by atoms with Crippen molar-refractivity contribution in [2.24, 2.45) is 0 Å². The average molecular weight is 368 g/mol. The van der Waals surface area contributed by atoms with E-state index in [9.17, 15) is 9.59 Å². The van der Waals surface area contributed by atoms with Crippen LogP contribution in [0.15, 0.2) is 24.3 Å². The predicted molar refractivity (Wildman–Crippen MR) is 100 cm³/mol. The van der Waals surface area contributed by atoms with Crippen LogP contribution in [0.4, 0.5) is 5.69 Å². The Bertz CT molecular complexity index is 880. The van der Waals surface area contributed by atoms with Gasteiger partial charge in [0.15, 0.2) is 0 Å². The van der Waals surface area contributed by atoms with E-state index in [4.69, 9.17) is 5.26 Å². The first-order valence-electron chi connectivity index (χ1n) is 8.48. The maximum atomic E-state index is 12.8. The summed E-state index contributed by atoms with van der Waals surface area (Å²) in [6, 6.07) is 8.96. The molecule has 1 aromatic heterocycles. The van der Waals surface area contributed by atoms with Crippen LogP contribution in [-0.2, 0) is 4.79 Å². The fourth-order valence-electron chi connectivity index (χ4n) is 2.84. The molecule has 134 valence electrons. The molecule has 0 N–H and O–H groups in total. The molecule has 0 aliphatic carbocycles. The van der Waals surface area contributed by atoms with Crippen LogP contribution in [0.3, 0.4) is 0 Å². The summed E-state index contributed by atoms with van der Waals surface area (Å²) in [5, 5.41) is 9.81. The largest absolute Gasteiger partial charge is 0.327 e. The highest BCUT2D eigenvalue weighted by molar-refractivity contribution is 7.13. The van der Waals surface area contributed by atoms with E-state index >= 15 is 0 Å². The first kappa shape index (κ1) is 18.1. The minimum Gasteiger partial charge on any atom is -0.327 e. The van der Waals surface area contributed by atoms with Crippen molar-refractivity contribution in [2.75, 3.05) is 24.5 Å². The highest BCUT2D eigenvalue weighted by Crippen LogP contribution is 2.26. The molecule has 26 heavy (non-hydrogen) atoms. The molecule has 0 spiro atoms. The van der Waals surface area contributed by atoms with Crippen molar-refractivity contribution in [2.45, 2.75) is 26.7 Å². The van der Waals surface area contributed by atoms with Crippen LogP contribution >= 0.6 is 11.3 Å². The van der Waals surface area contributed by atoms with Crippen molar-refractivity contribution in [1.82, 2.24) is 9.88 Å². The second kappa shape index (κ2) is 7.26. The summed E-state index contributed by atoms with van der Waals surface area (Å²) in [7, 11) is 0. The lowest BCUT2D eigenvalue weighted by atomic mass is 10.2. The quantitative estimate of drug-likeness (QED) is 0.834. The van der Waals surface area contributed by atoms with Crippen molar-refractivity contribution in [3.8, 4) is 6.07 Å². The van der Waals surface area contributed by atoms with Gasteiger partial charge in [-0.15, -0.1) is 11.3 Å². The lowest BCUT2D eigenvalue weighted by molar-refractivity contribution is -0.120. The van der Waals surface area contributed by atoms with Gasteiger partial charge in [-0.2, -0.15) is 5.26 Å². The summed E-state index contributed by atoms with van der Waals surface area (Å²) in [6.07, 6.45) is 0. The number of amides is 2. The SMILES string of the molecule is Cc1nc(C(C)C)sc1C(=O)N1CCN(c2ccc(C#N)cc2)C(=O)C1. The smallest absolute Gasteiger partial charge is 0.266 e. The fraction of sp³-hybridized carbons (Fsp3) is 0.368. The summed E-state index contributed by atoms with van der Waals surface area (Å²) < 4.78 is 0. The van der Waals surface area contributed by atoms with Gasteiger partial charge in [0.1, 0.15) is 11.4 Å². The Hall–Kier alpha value is -2.72. The molecule has 2 amide bonds. The molecule has 2 aromatic rings. The number of hydrogen-bond acceptors (Lipinski definition) is 5. The summed E-state index contributed by atoms with van der Waals surface area (Å²) in [5.74, 6) is 0.0235. The molecule has 0 bridgehead atoms. The maximum absolute atomic E-state index is 12.8. The zero-order chi connectivity index (χ0) is 18.8. The normalized spacial score (nSPS) is 14.7. The molecule has 1 aliphatic heterocycles. The summed E-state index contributed by atoms with van der Waals surface area (Å²) >= 11 is 1.41. The number of carbonyl (C=O) groups excluding carboxylic acids is 2. The second-order valence-electron chi connectivity index (χ2n) is 6.55. The van der Waals surface area contributed by atoms with E-state index in [2.05, 4.69) is 11.1 Å². The Morgan fingerprint density at radius 2 is 1.96 bits per heavy atom. The number of aryl methyl sites for hydroxylation is 1. The van der Waals surface area contributed by atoms with E-state index in [0.717, 1.165) is 16.4 Å². The predicted octanol–water partition coefficient (Wildman–Crippen LogP) is 2.94. The minimum atomic E-state index is -0.125. The number of aromatic nitrogens is 1. The zero-order valence-electron chi connectivity index (χ0n) is 15.0. The molecule has 1 fully saturated rings. The Labute approximate surface area is 156 Å². The van der Waals surface area contributed by atoms with Crippen LogP contribution in [0, 0.1) is 18.3 Å². The first-order valence-corrected chi connectivity index (χ1v) is 9.29. The molecule has 7 heteroatoms.